The van der Waals surface area contributed by atoms with Crippen molar-refractivity contribution in [3.63, 3.8) is 0 Å². The van der Waals surface area contributed by atoms with E-state index < -0.39 is 16.1 Å². The van der Waals surface area contributed by atoms with E-state index in [1.54, 1.807) is 42.1 Å². The van der Waals surface area contributed by atoms with Gasteiger partial charge in [-0.05, 0) is 62.1 Å². The molecule has 140 valence electrons. The highest BCUT2D eigenvalue weighted by Gasteiger charge is 2.25. The first-order chi connectivity index (χ1) is 12.3. The Balaban J connectivity index is 2.17. The van der Waals surface area contributed by atoms with E-state index in [0.717, 1.165) is 11.1 Å². The fraction of sp³-hybridized carbons (Fsp3) is 0.316. The molecule has 0 spiro atoms. The molecule has 0 bridgehead atoms. The lowest BCUT2D eigenvalue weighted by atomic mass is 10.2. The summed E-state index contributed by atoms with van der Waals surface area (Å²) in [6, 6.07) is 13.1. The maximum atomic E-state index is 12.6. The fourth-order valence-corrected chi connectivity index (χ4v) is 4.11. The Bertz CT molecular complexity index is 849. The number of thioether (sulfide) groups is 1. The molecule has 0 fully saturated rings. The smallest absolute Gasteiger partial charge is 0.242 e. The first-order valence-corrected chi connectivity index (χ1v) is 11.1. The van der Waals surface area contributed by atoms with Gasteiger partial charge in [0.15, 0.2) is 0 Å². The number of hydrogen-bond acceptors (Lipinski definition) is 4. The van der Waals surface area contributed by atoms with E-state index in [1.165, 1.54) is 0 Å². The van der Waals surface area contributed by atoms with Gasteiger partial charge in [-0.1, -0.05) is 29.8 Å². The quantitative estimate of drug-likeness (QED) is 0.722. The number of nitrogens with one attached hydrogen (secondary N) is 2. The summed E-state index contributed by atoms with van der Waals surface area (Å²) < 4.78 is 27.8. The van der Waals surface area contributed by atoms with Gasteiger partial charge in [-0.15, -0.1) is 0 Å². The van der Waals surface area contributed by atoms with Crippen LogP contribution < -0.4 is 10.0 Å². The van der Waals surface area contributed by atoms with E-state index in [0.29, 0.717) is 17.9 Å². The van der Waals surface area contributed by atoms with Gasteiger partial charge in [-0.2, -0.15) is 16.5 Å². The summed E-state index contributed by atoms with van der Waals surface area (Å²) in [5.41, 5.74) is 2.64. The van der Waals surface area contributed by atoms with Gasteiger partial charge in [-0.3, -0.25) is 4.79 Å². The van der Waals surface area contributed by atoms with Crippen LogP contribution >= 0.6 is 11.8 Å². The zero-order chi connectivity index (χ0) is 19.2. The summed E-state index contributed by atoms with van der Waals surface area (Å²) in [6.07, 6.45) is 2.33. The van der Waals surface area contributed by atoms with Gasteiger partial charge < -0.3 is 5.32 Å². The van der Waals surface area contributed by atoms with Gasteiger partial charge in [0, 0.05) is 5.69 Å². The molecule has 0 aliphatic rings. The normalized spacial score (nSPS) is 12.6. The number of amides is 1. The standard InChI is InChI=1S/C19H24N2O3S2/c1-14-7-9-17(10-8-14)26(23,24)21-18(11-12-25-3)19(22)20-16-6-4-5-15(2)13-16/h4-10,13,18,21H,11-12H2,1-3H3,(H,20,22). The Morgan fingerprint density at radius 3 is 2.38 bits per heavy atom. The van der Waals surface area contributed by atoms with Crippen LogP contribution in [0.3, 0.4) is 0 Å². The number of rotatable bonds is 8. The third kappa shape index (κ3) is 5.86. The number of anilines is 1. The van der Waals surface area contributed by atoms with Crippen molar-refractivity contribution in [2.75, 3.05) is 17.3 Å². The van der Waals surface area contributed by atoms with Crippen molar-refractivity contribution in [2.24, 2.45) is 0 Å². The second-order valence-electron chi connectivity index (χ2n) is 6.13. The molecule has 0 radical (unpaired) electrons. The van der Waals surface area contributed by atoms with Crippen LogP contribution in [0.25, 0.3) is 0 Å². The molecule has 1 unspecified atom stereocenters. The van der Waals surface area contributed by atoms with Crippen molar-refractivity contribution in [3.8, 4) is 0 Å². The molecule has 26 heavy (non-hydrogen) atoms. The molecule has 2 aromatic carbocycles. The number of benzene rings is 2. The molecule has 0 aliphatic heterocycles. The van der Waals surface area contributed by atoms with E-state index in [4.69, 9.17) is 0 Å². The largest absolute Gasteiger partial charge is 0.325 e. The van der Waals surface area contributed by atoms with Crippen molar-refractivity contribution < 1.29 is 13.2 Å². The van der Waals surface area contributed by atoms with Crippen molar-refractivity contribution in [3.05, 3.63) is 59.7 Å². The minimum Gasteiger partial charge on any atom is -0.325 e. The average molecular weight is 393 g/mol. The first-order valence-electron chi connectivity index (χ1n) is 8.27. The zero-order valence-electron chi connectivity index (χ0n) is 15.2. The third-order valence-corrected chi connectivity index (χ3v) is 5.97. The van der Waals surface area contributed by atoms with E-state index in [-0.39, 0.29) is 10.8 Å². The minimum atomic E-state index is -3.77. The highest BCUT2D eigenvalue weighted by Crippen LogP contribution is 2.14. The van der Waals surface area contributed by atoms with Crippen LogP contribution in [0.1, 0.15) is 17.5 Å². The number of sulfonamides is 1. The van der Waals surface area contributed by atoms with Crippen LogP contribution in [0.15, 0.2) is 53.4 Å². The van der Waals surface area contributed by atoms with Crippen LogP contribution in [0.2, 0.25) is 0 Å². The number of carbonyl (C=O) groups is 1. The summed E-state index contributed by atoms with van der Waals surface area (Å²) >= 11 is 1.57. The molecule has 0 saturated carbocycles. The predicted molar refractivity (Wildman–Crippen MR) is 108 cm³/mol. The molecule has 0 saturated heterocycles. The molecule has 0 aliphatic carbocycles. The second kappa shape index (κ2) is 9.21. The zero-order valence-corrected chi connectivity index (χ0v) is 16.8. The van der Waals surface area contributed by atoms with Crippen molar-refractivity contribution in [2.45, 2.75) is 31.2 Å². The van der Waals surface area contributed by atoms with E-state index in [2.05, 4.69) is 10.0 Å². The number of carbonyl (C=O) groups excluding carboxylic acids is 1. The summed E-state index contributed by atoms with van der Waals surface area (Å²) in [5.74, 6) is 0.308. The molecule has 0 heterocycles. The third-order valence-electron chi connectivity index (χ3n) is 3.84. The van der Waals surface area contributed by atoms with Crippen molar-refractivity contribution in [1.29, 1.82) is 0 Å². The van der Waals surface area contributed by atoms with Crippen LogP contribution in [-0.2, 0) is 14.8 Å². The van der Waals surface area contributed by atoms with Gasteiger partial charge >= 0.3 is 0 Å². The summed E-state index contributed by atoms with van der Waals surface area (Å²) in [7, 11) is -3.77. The van der Waals surface area contributed by atoms with Crippen LogP contribution in [-0.4, -0.2) is 32.4 Å². The second-order valence-corrected chi connectivity index (χ2v) is 8.83. The van der Waals surface area contributed by atoms with Gasteiger partial charge in [0.05, 0.1) is 4.90 Å². The minimum absolute atomic E-state index is 0.153. The fourth-order valence-electron chi connectivity index (χ4n) is 2.40. The lowest BCUT2D eigenvalue weighted by Gasteiger charge is -2.18. The number of hydrogen-bond donors (Lipinski definition) is 2. The first kappa shape index (κ1) is 20.5. The SMILES string of the molecule is CSCCC(NS(=O)(=O)c1ccc(C)cc1)C(=O)Nc1cccc(C)c1. The molecular formula is C19H24N2O3S2. The van der Waals surface area contributed by atoms with Gasteiger partial charge in [-0.25, -0.2) is 8.42 Å². The number of aryl methyl sites for hydroxylation is 2. The Kier molecular flexibility index (Phi) is 7.25. The van der Waals surface area contributed by atoms with E-state index in [1.807, 2.05) is 38.3 Å². The Morgan fingerprint density at radius 2 is 1.77 bits per heavy atom. The summed E-state index contributed by atoms with van der Waals surface area (Å²) in [5, 5.41) is 2.80. The molecular weight excluding hydrogens is 368 g/mol. The molecule has 2 rings (SSSR count). The topological polar surface area (TPSA) is 75.3 Å². The highest BCUT2D eigenvalue weighted by molar-refractivity contribution is 7.98. The van der Waals surface area contributed by atoms with Gasteiger partial charge in [0.1, 0.15) is 6.04 Å². The van der Waals surface area contributed by atoms with E-state index >= 15 is 0 Å². The van der Waals surface area contributed by atoms with Crippen LogP contribution in [0, 0.1) is 13.8 Å². The molecule has 1 amide bonds. The average Bonchev–Trinajstić information content (AvgIpc) is 2.59. The monoisotopic (exact) mass is 392 g/mol. The van der Waals surface area contributed by atoms with Gasteiger partial charge in [0.2, 0.25) is 15.9 Å². The lowest BCUT2D eigenvalue weighted by Crippen LogP contribution is -2.44. The molecule has 2 aromatic rings. The summed E-state index contributed by atoms with van der Waals surface area (Å²) in [6.45, 7) is 3.82. The predicted octanol–water partition coefficient (Wildman–Crippen LogP) is 3.34. The Labute approximate surface area is 159 Å². The molecule has 2 N–H and O–H groups in total. The molecule has 0 aromatic heterocycles. The highest BCUT2D eigenvalue weighted by atomic mass is 32.2. The van der Waals surface area contributed by atoms with Crippen molar-refractivity contribution >= 4 is 33.4 Å². The maximum absolute atomic E-state index is 12.6. The molecule has 7 heteroatoms. The van der Waals surface area contributed by atoms with Crippen molar-refractivity contribution in [1.82, 2.24) is 4.72 Å². The lowest BCUT2D eigenvalue weighted by molar-refractivity contribution is -0.117. The van der Waals surface area contributed by atoms with Gasteiger partial charge in [0.25, 0.3) is 0 Å². The van der Waals surface area contributed by atoms with E-state index in [9.17, 15) is 13.2 Å². The molecule has 5 nitrogen and oxygen atoms in total. The molecule has 1 atom stereocenters. The van der Waals surface area contributed by atoms with Crippen LogP contribution in [0.5, 0.6) is 0 Å². The maximum Gasteiger partial charge on any atom is 0.242 e. The van der Waals surface area contributed by atoms with Crippen LogP contribution in [0.4, 0.5) is 5.69 Å². The Morgan fingerprint density at radius 1 is 1.08 bits per heavy atom. The summed E-state index contributed by atoms with van der Waals surface area (Å²) in [4.78, 5) is 12.8. The Hall–Kier alpha value is -1.83.